The number of carbonyl (C=O) groups is 2. The molecule has 1 atom stereocenters. The van der Waals surface area contributed by atoms with Crippen LogP contribution < -0.4 is 10.6 Å². The molecule has 1 unspecified atom stereocenters. The zero-order chi connectivity index (χ0) is 20.7. The summed E-state index contributed by atoms with van der Waals surface area (Å²) in [7, 11) is -1.04. The lowest BCUT2D eigenvalue weighted by atomic mass is 10.4. The van der Waals surface area contributed by atoms with E-state index in [-0.39, 0.29) is 31.1 Å². The van der Waals surface area contributed by atoms with Gasteiger partial charge in [0.15, 0.2) is 6.29 Å². The van der Waals surface area contributed by atoms with E-state index < -0.39 is 34.4 Å². The number of hydrogen-bond acceptors (Lipinski definition) is 7. The van der Waals surface area contributed by atoms with Gasteiger partial charge >= 0.3 is 11.8 Å². The van der Waals surface area contributed by atoms with Gasteiger partial charge in [0, 0.05) is 25.8 Å². The van der Waals surface area contributed by atoms with Crippen molar-refractivity contribution >= 4 is 33.4 Å². The van der Waals surface area contributed by atoms with Crippen molar-refractivity contribution in [2.45, 2.75) is 17.4 Å². The monoisotopic (exact) mass is 435 g/mol. The Hall–Kier alpha value is -1.76. The number of nitrogens with zero attached hydrogens (tertiary/aromatic N) is 1. The summed E-state index contributed by atoms with van der Waals surface area (Å²) in [6, 6.07) is 5.72. The number of benzene rings is 1. The van der Waals surface area contributed by atoms with Crippen LogP contribution in [0.15, 0.2) is 29.2 Å². The first-order valence-corrected chi connectivity index (χ1v) is 10.1. The van der Waals surface area contributed by atoms with E-state index in [0.29, 0.717) is 5.02 Å². The second kappa shape index (κ2) is 10.1. The van der Waals surface area contributed by atoms with Crippen LogP contribution in [0.3, 0.4) is 0 Å². The average molecular weight is 436 g/mol. The lowest BCUT2D eigenvalue weighted by Gasteiger charge is -2.23. The van der Waals surface area contributed by atoms with Crippen LogP contribution in [0, 0.1) is 0 Å². The average Bonchev–Trinajstić information content (AvgIpc) is 3.16. The third-order valence-corrected chi connectivity index (χ3v) is 6.12. The lowest BCUT2D eigenvalue weighted by Crippen LogP contribution is -2.48. The molecule has 1 heterocycles. The Bertz CT molecular complexity index is 784. The molecule has 12 heteroatoms. The number of halogens is 1. The maximum Gasteiger partial charge on any atom is 0.309 e. The number of amides is 2. The van der Waals surface area contributed by atoms with E-state index in [1.807, 2.05) is 0 Å². The standard InChI is InChI=1S/C16H22ClN3O7S/c1-25-14(26-2)10-19-16(22)15(21)18-9-13-20(7-8-27-13)28(23,24)12-5-3-11(17)4-6-12/h3-6,13-14H,7-10H2,1-2H3,(H,18,21)(H,19,22). The topological polar surface area (TPSA) is 123 Å². The molecule has 0 bridgehead atoms. The summed E-state index contributed by atoms with van der Waals surface area (Å²) in [4.78, 5) is 23.8. The Morgan fingerprint density at radius 3 is 2.43 bits per heavy atom. The molecule has 0 aliphatic carbocycles. The smallest absolute Gasteiger partial charge is 0.309 e. The largest absolute Gasteiger partial charge is 0.359 e. The van der Waals surface area contributed by atoms with Crippen LogP contribution in [-0.4, -0.2) is 77.5 Å². The number of hydrogen-bond donors (Lipinski definition) is 2. The summed E-state index contributed by atoms with van der Waals surface area (Å²) in [5.41, 5.74) is 0. The van der Waals surface area contributed by atoms with Crippen LogP contribution in [0.4, 0.5) is 0 Å². The Kier molecular flexibility index (Phi) is 8.16. The van der Waals surface area contributed by atoms with Crippen LogP contribution in [-0.2, 0) is 33.8 Å². The lowest BCUT2D eigenvalue weighted by molar-refractivity contribution is -0.142. The minimum Gasteiger partial charge on any atom is -0.359 e. The molecule has 0 radical (unpaired) electrons. The summed E-state index contributed by atoms with van der Waals surface area (Å²) in [6.45, 7) is 0.0945. The van der Waals surface area contributed by atoms with Crippen molar-refractivity contribution < 1.29 is 32.2 Å². The van der Waals surface area contributed by atoms with Gasteiger partial charge in [0.25, 0.3) is 0 Å². The first kappa shape index (κ1) is 22.5. The zero-order valence-corrected chi connectivity index (χ0v) is 17.0. The van der Waals surface area contributed by atoms with Gasteiger partial charge in [-0.05, 0) is 24.3 Å². The first-order valence-electron chi connectivity index (χ1n) is 8.30. The molecule has 2 N–H and O–H groups in total. The van der Waals surface area contributed by atoms with Crippen molar-refractivity contribution in [3.63, 3.8) is 0 Å². The molecule has 0 aromatic heterocycles. The van der Waals surface area contributed by atoms with Crippen LogP contribution in [0.2, 0.25) is 5.02 Å². The van der Waals surface area contributed by atoms with E-state index in [9.17, 15) is 18.0 Å². The summed E-state index contributed by atoms with van der Waals surface area (Å²) in [5, 5.41) is 5.12. The number of nitrogens with one attached hydrogen (secondary N) is 2. The number of ether oxygens (including phenoxy) is 3. The Balaban J connectivity index is 1.93. The fourth-order valence-electron chi connectivity index (χ4n) is 2.46. The number of sulfonamides is 1. The zero-order valence-electron chi connectivity index (χ0n) is 15.4. The van der Waals surface area contributed by atoms with Crippen molar-refractivity contribution in [1.82, 2.24) is 14.9 Å². The molecule has 1 aliphatic rings. The van der Waals surface area contributed by atoms with E-state index in [4.69, 9.17) is 25.8 Å². The highest BCUT2D eigenvalue weighted by Crippen LogP contribution is 2.23. The second-order valence-corrected chi connectivity index (χ2v) is 8.04. The van der Waals surface area contributed by atoms with Gasteiger partial charge in [-0.3, -0.25) is 9.59 Å². The van der Waals surface area contributed by atoms with Crippen molar-refractivity contribution in [2.24, 2.45) is 0 Å². The van der Waals surface area contributed by atoms with E-state index in [1.165, 1.54) is 38.5 Å². The normalized spacial score (nSPS) is 17.6. The third kappa shape index (κ3) is 5.63. The molecule has 1 aromatic carbocycles. The van der Waals surface area contributed by atoms with Gasteiger partial charge in [0.05, 0.1) is 24.6 Å². The molecule has 28 heavy (non-hydrogen) atoms. The minimum absolute atomic E-state index is 0.0176. The van der Waals surface area contributed by atoms with Crippen LogP contribution in [0.25, 0.3) is 0 Å². The second-order valence-electron chi connectivity index (χ2n) is 5.72. The minimum atomic E-state index is -3.84. The molecular formula is C16H22ClN3O7S. The third-order valence-electron chi connectivity index (χ3n) is 3.96. The maximum absolute atomic E-state index is 12.8. The number of carbonyl (C=O) groups excluding carboxylic acids is 2. The van der Waals surface area contributed by atoms with Gasteiger partial charge < -0.3 is 24.8 Å². The fraction of sp³-hybridized carbons (Fsp3) is 0.500. The molecule has 1 saturated heterocycles. The van der Waals surface area contributed by atoms with Gasteiger partial charge in [-0.2, -0.15) is 4.31 Å². The molecule has 1 aromatic rings. The van der Waals surface area contributed by atoms with Crippen LogP contribution >= 0.6 is 11.6 Å². The summed E-state index contributed by atoms with van der Waals surface area (Å²) >= 11 is 5.79. The first-order chi connectivity index (χ1) is 13.3. The van der Waals surface area contributed by atoms with E-state index in [0.717, 1.165) is 4.31 Å². The van der Waals surface area contributed by atoms with E-state index in [1.54, 1.807) is 0 Å². The molecule has 0 saturated carbocycles. The Morgan fingerprint density at radius 2 is 1.82 bits per heavy atom. The summed E-state index contributed by atoms with van der Waals surface area (Å²) < 4.78 is 41.8. The van der Waals surface area contributed by atoms with Crippen molar-refractivity contribution in [3.8, 4) is 0 Å². The predicted molar refractivity (Wildman–Crippen MR) is 98.9 cm³/mol. The number of rotatable bonds is 8. The fourth-order valence-corrected chi connectivity index (χ4v) is 4.10. The molecule has 1 fully saturated rings. The summed E-state index contributed by atoms with van der Waals surface area (Å²) in [6.07, 6.45) is -1.61. The van der Waals surface area contributed by atoms with E-state index in [2.05, 4.69) is 10.6 Å². The van der Waals surface area contributed by atoms with Crippen LogP contribution in [0.1, 0.15) is 0 Å². The summed E-state index contributed by atoms with van der Waals surface area (Å²) in [5.74, 6) is -1.82. The molecule has 10 nitrogen and oxygen atoms in total. The predicted octanol–water partition coefficient (Wildman–Crippen LogP) is -0.462. The van der Waals surface area contributed by atoms with Gasteiger partial charge in [0.2, 0.25) is 10.0 Å². The van der Waals surface area contributed by atoms with Crippen molar-refractivity contribution in [1.29, 1.82) is 0 Å². The Morgan fingerprint density at radius 1 is 1.21 bits per heavy atom. The van der Waals surface area contributed by atoms with Gasteiger partial charge in [-0.25, -0.2) is 8.42 Å². The quantitative estimate of drug-likeness (QED) is 0.418. The van der Waals surface area contributed by atoms with Crippen LogP contribution in [0.5, 0.6) is 0 Å². The Labute approximate surface area is 168 Å². The van der Waals surface area contributed by atoms with Crippen molar-refractivity contribution in [2.75, 3.05) is 40.5 Å². The van der Waals surface area contributed by atoms with Gasteiger partial charge in [-0.1, -0.05) is 11.6 Å². The molecular weight excluding hydrogens is 414 g/mol. The highest BCUT2D eigenvalue weighted by atomic mass is 35.5. The van der Waals surface area contributed by atoms with Crippen molar-refractivity contribution in [3.05, 3.63) is 29.3 Å². The molecule has 1 aliphatic heterocycles. The number of methoxy groups -OCH3 is 2. The highest BCUT2D eigenvalue weighted by molar-refractivity contribution is 7.89. The molecule has 156 valence electrons. The van der Waals surface area contributed by atoms with Gasteiger partial charge in [-0.15, -0.1) is 0 Å². The molecule has 2 rings (SSSR count). The molecule has 0 spiro atoms. The maximum atomic E-state index is 12.8. The van der Waals surface area contributed by atoms with Gasteiger partial charge in [0.1, 0.15) is 6.23 Å². The molecule has 2 amide bonds. The van der Waals surface area contributed by atoms with E-state index >= 15 is 0 Å². The SMILES string of the molecule is COC(CNC(=O)C(=O)NCC1OCCN1S(=O)(=O)c1ccc(Cl)cc1)OC. The highest BCUT2D eigenvalue weighted by Gasteiger charge is 2.36.